The first-order valence-corrected chi connectivity index (χ1v) is 13.6. The topological polar surface area (TPSA) is 118 Å². The number of methoxy groups -OCH3 is 2. The van der Waals surface area contributed by atoms with Crippen molar-refractivity contribution in [3.05, 3.63) is 129 Å². The van der Waals surface area contributed by atoms with Gasteiger partial charge in [-0.3, -0.25) is 19.1 Å². The second-order valence-electron chi connectivity index (χ2n) is 10.2. The molecule has 3 aromatic carbocycles. The number of benzene rings is 3. The number of aromatic nitrogens is 2. The third-order valence-electron chi connectivity index (χ3n) is 7.90. The van der Waals surface area contributed by atoms with Crippen LogP contribution in [0, 0.1) is 5.92 Å². The summed E-state index contributed by atoms with van der Waals surface area (Å²) in [5.41, 5.74) is 0.302. The van der Waals surface area contributed by atoms with Crippen LogP contribution in [0.25, 0.3) is 0 Å². The molecular weight excluding hydrogens is 540 g/mol. The molecule has 4 atom stereocenters. The van der Waals surface area contributed by atoms with E-state index in [-0.39, 0.29) is 19.0 Å². The Morgan fingerprint density at radius 3 is 2.00 bits per heavy atom. The number of ether oxygens (including phenoxy) is 5. The van der Waals surface area contributed by atoms with Gasteiger partial charge in [-0.05, 0) is 41.0 Å². The van der Waals surface area contributed by atoms with Gasteiger partial charge in [0.1, 0.15) is 35.5 Å². The number of carbonyl (C=O) groups excluding carboxylic acids is 1. The molecule has 2 fully saturated rings. The predicted molar refractivity (Wildman–Crippen MR) is 151 cm³/mol. The molecule has 4 aromatic rings. The van der Waals surface area contributed by atoms with Crippen LogP contribution in [0.15, 0.2) is 101 Å². The molecule has 10 nitrogen and oxygen atoms in total. The van der Waals surface area contributed by atoms with Crippen LogP contribution < -0.4 is 20.7 Å². The Balaban J connectivity index is 1.42. The maximum absolute atomic E-state index is 12.6. The van der Waals surface area contributed by atoms with Crippen molar-refractivity contribution in [2.45, 2.75) is 30.5 Å². The van der Waals surface area contributed by atoms with Crippen LogP contribution in [0.5, 0.6) is 11.5 Å². The summed E-state index contributed by atoms with van der Waals surface area (Å²) in [7, 11) is 3.22. The van der Waals surface area contributed by atoms with Crippen molar-refractivity contribution in [3.63, 3.8) is 0 Å². The molecule has 1 aromatic heterocycles. The minimum Gasteiger partial charge on any atom is -0.497 e. The summed E-state index contributed by atoms with van der Waals surface area (Å²) in [6, 6.07) is 26.4. The van der Waals surface area contributed by atoms with Crippen molar-refractivity contribution < 1.29 is 28.5 Å². The highest BCUT2D eigenvalue weighted by Crippen LogP contribution is 2.46. The molecule has 1 N–H and O–H groups in total. The average molecular weight is 571 g/mol. The normalized spacial score (nSPS) is 21.5. The Morgan fingerprint density at radius 2 is 1.43 bits per heavy atom. The van der Waals surface area contributed by atoms with E-state index in [4.69, 9.17) is 23.7 Å². The Labute approximate surface area is 241 Å². The van der Waals surface area contributed by atoms with Gasteiger partial charge in [-0.25, -0.2) is 4.79 Å². The highest BCUT2D eigenvalue weighted by Gasteiger charge is 2.54. The largest absolute Gasteiger partial charge is 0.497 e. The molecular formula is C32H30N2O8. The number of esters is 1. The third kappa shape index (κ3) is 4.88. The lowest BCUT2D eigenvalue weighted by molar-refractivity contribution is -0.151. The van der Waals surface area contributed by atoms with Crippen molar-refractivity contribution in [3.8, 4) is 11.5 Å². The SMILES string of the molecule is COc1ccc(C(OC[C@H]2O[C@@H](n3ccc(=O)[nH]c3=O)[C@@H]3CC(=O)O[C@@H]32)(c2ccccc2)c2ccc(OC)cc2)cc1. The molecule has 42 heavy (non-hydrogen) atoms. The lowest BCUT2D eigenvalue weighted by atomic mass is 9.80. The van der Waals surface area contributed by atoms with E-state index in [1.807, 2.05) is 78.9 Å². The first-order valence-electron chi connectivity index (χ1n) is 13.6. The second-order valence-corrected chi connectivity index (χ2v) is 10.2. The van der Waals surface area contributed by atoms with Crippen molar-refractivity contribution >= 4 is 5.97 Å². The van der Waals surface area contributed by atoms with Gasteiger partial charge in [-0.2, -0.15) is 0 Å². The minimum atomic E-state index is -1.10. The van der Waals surface area contributed by atoms with Crippen molar-refractivity contribution in [2.24, 2.45) is 5.92 Å². The molecule has 2 aliphatic rings. The molecule has 0 amide bonds. The van der Waals surface area contributed by atoms with Crippen LogP contribution in [-0.4, -0.2) is 48.6 Å². The number of hydrogen-bond donors (Lipinski definition) is 1. The Hall–Kier alpha value is -4.67. The zero-order valence-electron chi connectivity index (χ0n) is 23.1. The maximum Gasteiger partial charge on any atom is 0.330 e. The molecule has 0 radical (unpaired) electrons. The number of fused-ring (bicyclic) bond motifs is 1. The van der Waals surface area contributed by atoms with Crippen molar-refractivity contribution in [1.82, 2.24) is 9.55 Å². The van der Waals surface area contributed by atoms with E-state index in [0.29, 0.717) is 11.5 Å². The highest BCUT2D eigenvalue weighted by molar-refractivity contribution is 5.72. The quantitative estimate of drug-likeness (QED) is 0.240. The van der Waals surface area contributed by atoms with E-state index < -0.39 is 41.2 Å². The van der Waals surface area contributed by atoms with Gasteiger partial charge >= 0.3 is 11.7 Å². The Bertz CT molecular complexity index is 1620. The van der Waals surface area contributed by atoms with Gasteiger partial charge in [0.15, 0.2) is 0 Å². The number of nitrogens with one attached hydrogen (secondary N) is 1. The summed E-state index contributed by atoms with van der Waals surface area (Å²) in [4.78, 5) is 39.0. The first kappa shape index (κ1) is 27.5. The summed E-state index contributed by atoms with van der Waals surface area (Å²) in [6.07, 6.45) is -0.685. The lowest BCUT2D eigenvalue weighted by Gasteiger charge is -2.37. The van der Waals surface area contributed by atoms with Crippen LogP contribution in [0.1, 0.15) is 29.3 Å². The van der Waals surface area contributed by atoms with Gasteiger partial charge in [0.25, 0.3) is 5.56 Å². The smallest absolute Gasteiger partial charge is 0.330 e. The van der Waals surface area contributed by atoms with Crippen LogP contribution in [0.4, 0.5) is 0 Å². The third-order valence-corrected chi connectivity index (χ3v) is 7.90. The molecule has 6 rings (SSSR count). The van der Waals surface area contributed by atoms with Gasteiger partial charge in [0, 0.05) is 12.3 Å². The average Bonchev–Trinajstić information content (AvgIpc) is 3.56. The minimum absolute atomic E-state index is 0.0238. The molecule has 216 valence electrons. The zero-order valence-corrected chi connectivity index (χ0v) is 23.1. The number of H-pyrrole nitrogens is 1. The summed E-state index contributed by atoms with van der Waals surface area (Å²) in [5.74, 6) is 0.595. The molecule has 0 bridgehead atoms. The van der Waals surface area contributed by atoms with Gasteiger partial charge in [0.2, 0.25) is 0 Å². The molecule has 0 saturated carbocycles. The van der Waals surface area contributed by atoms with Crippen LogP contribution in [0.2, 0.25) is 0 Å². The zero-order chi connectivity index (χ0) is 29.3. The van der Waals surface area contributed by atoms with E-state index in [9.17, 15) is 14.4 Å². The molecule has 3 heterocycles. The Morgan fingerprint density at radius 1 is 0.833 bits per heavy atom. The van der Waals surface area contributed by atoms with E-state index >= 15 is 0 Å². The molecule has 0 spiro atoms. The van der Waals surface area contributed by atoms with E-state index in [1.54, 1.807) is 14.2 Å². The van der Waals surface area contributed by atoms with Crippen LogP contribution >= 0.6 is 0 Å². The number of carbonyl (C=O) groups is 1. The van der Waals surface area contributed by atoms with Crippen molar-refractivity contribution in [1.29, 1.82) is 0 Å². The maximum atomic E-state index is 12.6. The van der Waals surface area contributed by atoms with E-state index in [2.05, 4.69) is 4.98 Å². The fourth-order valence-corrected chi connectivity index (χ4v) is 5.88. The molecule has 2 aliphatic heterocycles. The number of hydrogen-bond acceptors (Lipinski definition) is 8. The molecule has 0 aliphatic carbocycles. The summed E-state index contributed by atoms with van der Waals surface area (Å²) in [6.45, 7) is 0.0238. The molecule has 2 saturated heterocycles. The molecule has 10 heteroatoms. The summed E-state index contributed by atoms with van der Waals surface area (Å²) < 4.78 is 31.1. The lowest BCUT2D eigenvalue weighted by Crippen LogP contribution is -2.38. The van der Waals surface area contributed by atoms with E-state index in [0.717, 1.165) is 16.7 Å². The van der Waals surface area contributed by atoms with Gasteiger partial charge in [-0.15, -0.1) is 0 Å². The van der Waals surface area contributed by atoms with Crippen LogP contribution in [-0.2, 0) is 24.6 Å². The standard InChI is InChI=1S/C32H30N2O8/c1-38-23-12-8-21(9-13-23)32(20-6-4-3-5-7-20,22-10-14-24(39-2)15-11-22)40-19-26-29-25(18-28(36)42-29)30(41-26)34-17-16-27(35)33-31(34)37/h3-17,25-26,29-30H,18-19H2,1-2H3,(H,33,35,37)/t25-,26-,29+,30-/m1/s1. The second kappa shape index (κ2) is 11.3. The van der Waals surface area contributed by atoms with Gasteiger partial charge in [-0.1, -0.05) is 54.6 Å². The number of nitrogens with zero attached hydrogens (tertiary/aromatic N) is 1. The van der Waals surface area contributed by atoms with Gasteiger partial charge < -0.3 is 23.7 Å². The highest BCUT2D eigenvalue weighted by atomic mass is 16.6. The van der Waals surface area contributed by atoms with Crippen molar-refractivity contribution in [2.75, 3.05) is 20.8 Å². The fourth-order valence-electron chi connectivity index (χ4n) is 5.88. The fraction of sp³-hybridized carbons (Fsp3) is 0.281. The Kier molecular flexibility index (Phi) is 7.40. The first-order chi connectivity index (χ1) is 20.4. The summed E-state index contributed by atoms with van der Waals surface area (Å²) >= 11 is 0. The van der Waals surface area contributed by atoms with Crippen LogP contribution in [0.3, 0.4) is 0 Å². The molecule has 0 unspecified atom stereocenters. The van der Waals surface area contributed by atoms with Gasteiger partial charge in [0.05, 0.1) is 33.2 Å². The number of aromatic amines is 1. The predicted octanol–water partition coefficient (Wildman–Crippen LogP) is 3.39. The van der Waals surface area contributed by atoms with E-state index in [1.165, 1.54) is 16.8 Å². The number of rotatable bonds is 9. The summed E-state index contributed by atoms with van der Waals surface area (Å²) in [5, 5.41) is 0. The monoisotopic (exact) mass is 570 g/mol.